The van der Waals surface area contributed by atoms with E-state index < -0.39 is 0 Å². The monoisotopic (exact) mass is 444 g/mol. The van der Waals surface area contributed by atoms with Gasteiger partial charge in [0.2, 0.25) is 0 Å². The van der Waals surface area contributed by atoms with Crippen molar-refractivity contribution in [3.8, 4) is 0 Å². The molecule has 0 aliphatic carbocycles. The van der Waals surface area contributed by atoms with Gasteiger partial charge in [0.05, 0.1) is 0 Å². The van der Waals surface area contributed by atoms with Crippen LogP contribution in [-0.4, -0.2) is 36.5 Å². The number of halogens is 1. The summed E-state index contributed by atoms with van der Waals surface area (Å²) in [7, 11) is 0. The molecule has 0 bridgehead atoms. The summed E-state index contributed by atoms with van der Waals surface area (Å²) in [6.45, 7) is 9.79. The van der Waals surface area contributed by atoms with Gasteiger partial charge in [-0.25, -0.2) is 0 Å². The lowest BCUT2D eigenvalue weighted by atomic mass is 10.0. The Hall–Kier alpha value is -0.820. The van der Waals surface area contributed by atoms with Crippen LogP contribution in [0.25, 0.3) is 0 Å². The summed E-state index contributed by atoms with van der Waals surface area (Å²) in [6, 6.07) is 7.09. The first-order chi connectivity index (χ1) is 11.0. The van der Waals surface area contributed by atoms with Gasteiger partial charge in [-0.1, -0.05) is 12.5 Å². The van der Waals surface area contributed by atoms with Crippen LogP contribution in [0.4, 0.5) is 5.69 Å². The molecular formula is C19H33IN4. The van der Waals surface area contributed by atoms with Gasteiger partial charge in [-0.15, -0.1) is 24.0 Å². The summed E-state index contributed by atoms with van der Waals surface area (Å²) in [6.07, 6.45) is 6.39. The molecule has 3 N–H and O–H groups in total. The summed E-state index contributed by atoms with van der Waals surface area (Å²) >= 11 is 0. The molecular weight excluding hydrogens is 411 g/mol. The number of anilines is 1. The Kier molecular flexibility index (Phi) is 9.66. The lowest BCUT2D eigenvalue weighted by Gasteiger charge is -2.33. The molecule has 1 saturated heterocycles. The maximum absolute atomic E-state index is 5.98. The zero-order chi connectivity index (χ0) is 16.7. The zero-order valence-electron chi connectivity index (χ0n) is 15.3. The third-order valence-corrected chi connectivity index (χ3v) is 4.57. The first-order valence-corrected chi connectivity index (χ1v) is 8.94. The van der Waals surface area contributed by atoms with Crippen molar-refractivity contribution in [1.29, 1.82) is 0 Å². The Balaban J connectivity index is 0.00000288. The SMILES string of the molecule is Cc1cc(C)cc(NC(N)=NCCCCN2CCCCC2C)c1.I. The molecule has 1 aliphatic heterocycles. The van der Waals surface area contributed by atoms with Crippen molar-refractivity contribution in [2.75, 3.05) is 25.0 Å². The fraction of sp³-hybridized carbons (Fsp3) is 0.632. The largest absolute Gasteiger partial charge is 0.370 e. The molecule has 24 heavy (non-hydrogen) atoms. The van der Waals surface area contributed by atoms with Crippen molar-refractivity contribution in [2.45, 2.75) is 58.9 Å². The quantitative estimate of drug-likeness (QED) is 0.298. The van der Waals surface area contributed by atoms with Gasteiger partial charge in [-0.3, -0.25) is 4.99 Å². The molecule has 136 valence electrons. The van der Waals surface area contributed by atoms with Gasteiger partial charge in [0.15, 0.2) is 5.96 Å². The Bertz CT molecular complexity index is 510. The predicted octanol–water partition coefficient (Wildman–Crippen LogP) is 4.30. The lowest BCUT2D eigenvalue weighted by molar-refractivity contribution is 0.158. The second kappa shape index (κ2) is 10.9. The molecule has 0 aromatic heterocycles. The van der Waals surface area contributed by atoms with E-state index >= 15 is 0 Å². The molecule has 1 fully saturated rings. The second-order valence-electron chi connectivity index (χ2n) is 6.86. The van der Waals surface area contributed by atoms with Crippen LogP contribution >= 0.6 is 24.0 Å². The molecule has 4 nitrogen and oxygen atoms in total. The zero-order valence-corrected chi connectivity index (χ0v) is 17.7. The third-order valence-electron chi connectivity index (χ3n) is 4.57. The first kappa shape index (κ1) is 21.2. The van der Waals surface area contributed by atoms with E-state index in [1.165, 1.54) is 49.9 Å². The second-order valence-corrected chi connectivity index (χ2v) is 6.86. The van der Waals surface area contributed by atoms with E-state index in [4.69, 9.17) is 5.73 Å². The van der Waals surface area contributed by atoms with Crippen molar-refractivity contribution in [2.24, 2.45) is 10.7 Å². The van der Waals surface area contributed by atoms with Crippen molar-refractivity contribution in [1.82, 2.24) is 4.90 Å². The van der Waals surface area contributed by atoms with Crippen molar-refractivity contribution in [3.05, 3.63) is 29.3 Å². The summed E-state index contributed by atoms with van der Waals surface area (Å²) in [5.74, 6) is 0.515. The Morgan fingerprint density at radius 3 is 2.58 bits per heavy atom. The number of nitrogens with two attached hydrogens (primary N) is 1. The first-order valence-electron chi connectivity index (χ1n) is 8.94. The minimum Gasteiger partial charge on any atom is -0.370 e. The van der Waals surface area contributed by atoms with Crippen LogP contribution < -0.4 is 11.1 Å². The van der Waals surface area contributed by atoms with Gasteiger partial charge in [0.25, 0.3) is 0 Å². The average molecular weight is 444 g/mol. The van der Waals surface area contributed by atoms with E-state index in [1.54, 1.807) is 0 Å². The third kappa shape index (κ3) is 7.38. The molecule has 1 heterocycles. The average Bonchev–Trinajstić information content (AvgIpc) is 2.47. The van der Waals surface area contributed by atoms with Crippen LogP contribution in [0.5, 0.6) is 0 Å². The van der Waals surface area contributed by atoms with E-state index in [1.807, 2.05) is 0 Å². The number of likely N-dealkylation sites (tertiary alicyclic amines) is 1. The number of benzene rings is 1. The number of aliphatic imine (C=N–C) groups is 1. The maximum Gasteiger partial charge on any atom is 0.193 e. The Morgan fingerprint density at radius 2 is 1.92 bits per heavy atom. The van der Waals surface area contributed by atoms with Gasteiger partial charge >= 0.3 is 0 Å². The molecule has 0 radical (unpaired) electrons. The minimum absolute atomic E-state index is 0. The minimum atomic E-state index is 0. The van der Waals surface area contributed by atoms with Crippen molar-refractivity contribution in [3.63, 3.8) is 0 Å². The highest BCUT2D eigenvalue weighted by atomic mass is 127. The molecule has 0 amide bonds. The number of nitrogens with one attached hydrogen (secondary N) is 1. The molecule has 1 aromatic rings. The van der Waals surface area contributed by atoms with Crippen molar-refractivity contribution < 1.29 is 0 Å². The van der Waals surface area contributed by atoms with Gasteiger partial charge < -0.3 is 16.0 Å². The van der Waals surface area contributed by atoms with Crippen LogP contribution in [0, 0.1) is 13.8 Å². The smallest absolute Gasteiger partial charge is 0.193 e. The normalized spacial score (nSPS) is 19.0. The molecule has 2 rings (SSSR count). The topological polar surface area (TPSA) is 53.6 Å². The molecule has 0 saturated carbocycles. The number of hydrogen-bond acceptors (Lipinski definition) is 2. The van der Waals surface area contributed by atoms with Crippen LogP contribution in [0.2, 0.25) is 0 Å². The predicted molar refractivity (Wildman–Crippen MR) is 116 cm³/mol. The molecule has 5 heteroatoms. The van der Waals surface area contributed by atoms with Gasteiger partial charge in [0.1, 0.15) is 0 Å². The van der Waals surface area contributed by atoms with Gasteiger partial charge in [-0.2, -0.15) is 0 Å². The number of aryl methyl sites for hydroxylation is 2. The molecule has 1 aromatic carbocycles. The number of piperidine rings is 1. The lowest BCUT2D eigenvalue weighted by Crippen LogP contribution is -2.38. The van der Waals surface area contributed by atoms with Gasteiger partial charge in [0, 0.05) is 18.3 Å². The van der Waals surface area contributed by atoms with E-state index in [-0.39, 0.29) is 24.0 Å². The van der Waals surface area contributed by atoms with Crippen LogP contribution in [-0.2, 0) is 0 Å². The Labute approximate surface area is 164 Å². The highest BCUT2D eigenvalue weighted by Gasteiger charge is 2.16. The molecule has 1 atom stereocenters. The number of guanidine groups is 1. The van der Waals surface area contributed by atoms with Crippen LogP contribution in [0.15, 0.2) is 23.2 Å². The van der Waals surface area contributed by atoms with E-state index in [0.717, 1.165) is 24.7 Å². The molecule has 1 unspecified atom stereocenters. The summed E-state index contributed by atoms with van der Waals surface area (Å²) < 4.78 is 0. The van der Waals surface area contributed by atoms with Crippen LogP contribution in [0.1, 0.15) is 50.2 Å². The number of nitrogens with zero attached hydrogens (tertiary/aromatic N) is 2. The van der Waals surface area contributed by atoms with E-state index in [2.05, 4.69) is 54.2 Å². The molecule has 1 aliphatic rings. The summed E-state index contributed by atoms with van der Waals surface area (Å²) in [4.78, 5) is 7.06. The maximum atomic E-state index is 5.98. The fourth-order valence-corrected chi connectivity index (χ4v) is 3.35. The highest BCUT2D eigenvalue weighted by Crippen LogP contribution is 2.16. The fourth-order valence-electron chi connectivity index (χ4n) is 3.35. The number of unbranched alkanes of at least 4 members (excludes halogenated alkanes) is 1. The van der Waals surface area contributed by atoms with Crippen molar-refractivity contribution >= 4 is 35.6 Å². The number of rotatable bonds is 6. The summed E-state index contributed by atoms with van der Waals surface area (Å²) in [5.41, 5.74) is 9.47. The molecule has 0 spiro atoms. The van der Waals surface area contributed by atoms with Crippen LogP contribution in [0.3, 0.4) is 0 Å². The van der Waals surface area contributed by atoms with E-state index in [9.17, 15) is 0 Å². The van der Waals surface area contributed by atoms with E-state index in [0.29, 0.717) is 5.96 Å². The van der Waals surface area contributed by atoms with Gasteiger partial charge in [-0.05, 0) is 82.8 Å². The summed E-state index contributed by atoms with van der Waals surface area (Å²) in [5, 5.41) is 3.19. The Morgan fingerprint density at radius 1 is 1.21 bits per heavy atom. The standard InChI is InChI=1S/C19H32N4.HI/c1-15-12-16(2)14-18(13-15)22-19(20)21-9-5-7-11-23-10-6-4-8-17(23)3;/h12-14,17H,4-11H2,1-3H3,(H3,20,21,22);1H. The highest BCUT2D eigenvalue weighted by molar-refractivity contribution is 14.0. The number of hydrogen-bond donors (Lipinski definition) is 2.